The number of fused-ring (bicyclic) bond motifs is 1. The molecular formula is C23H18N6O3S. The van der Waals surface area contributed by atoms with Gasteiger partial charge in [-0.05, 0) is 35.0 Å². The molecule has 2 aromatic carbocycles. The zero-order valence-electron chi connectivity index (χ0n) is 17.3. The van der Waals surface area contributed by atoms with Gasteiger partial charge < -0.3 is 14.3 Å². The average molecular weight is 459 g/mol. The molecule has 1 amide bonds. The summed E-state index contributed by atoms with van der Waals surface area (Å²) in [6, 6.07) is 17.5. The average Bonchev–Trinajstić information content (AvgIpc) is 3.52. The molecule has 0 aliphatic heterocycles. The fraction of sp³-hybridized carbons (Fsp3) is 0.130. The van der Waals surface area contributed by atoms with E-state index in [-0.39, 0.29) is 12.3 Å². The lowest BCUT2D eigenvalue weighted by atomic mass is 10.1. The lowest BCUT2D eigenvalue weighted by molar-refractivity contribution is -0.116. The molecule has 5 rings (SSSR count). The number of nitrogens with one attached hydrogen (secondary N) is 1. The zero-order chi connectivity index (χ0) is 22.5. The van der Waals surface area contributed by atoms with Gasteiger partial charge in [-0.15, -0.1) is 10.2 Å². The molecule has 0 saturated heterocycles. The van der Waals surface area contributed by atoms with Crippen LogP contribution in [0.3, 0.4) is 0 Å². The Kier molecular flexibility index (Phi) is 6.07. The van der Waals surface area contributed by atoms with E-state index in [0.29, 0.717) is 35.0 Å². The van der Waals surface area contributed by atoms with Crippen LogP contribution < -0.4 is 5.32 Å². The highest BCUT2D eigenvalue weighted by molar-refractivity contribution is 7.98. The highest BCUT2D eigenvalue weighted by Crippen LogP contribution is 2.24. The highest BCUT2D eigenvalue weighted by atomic mass is 32.2. The third kappa shape index (κ3) is 5.24. The Morgan fingerprint density at radius 3 is 2.82 bits per heavy atom. The van der Waals surface area contributed by atoms with Crippen LogP contribution in [0.25, 0.3) is 22.2 Å². The molecule has 0 atom stereocenters. The smallest absolute Gasteiger partial charge is 0.277 e. The van der Waals surface area contributed by atoms with Gasteiger partial charge in [0.1, 0.15) is 0 Å². The van der Waals surface area contributed by atoms with E-state index < -0.39 is 0 Å². The minimum absolute atomic E-state index is 0.117. The quantitative estimate of drug-likeness (QED) is 0.334. The number of carbonyl (C=O) groups excluding carboxylic acids is 1. The SMILES string of the molecule is O=C(CCc1nc(CSc2nnc(-c3cccnc3)o2)no1)Nc1ccc2ccccc2c1. The topological polar surface area (TPSA) is 120 Å². The van der Waals surface area contributed by atoms with Crippen molar-refractivity contribution in [3.63, 3.8) is 0 Å². The molecule has 0 unspecified atom stereocenters. The molecule has 0 fully saturated rings. The first-order valence-corrected chi connectivity index (χ1v) is 11.2. The van der Waals surface area contributed by atoms with Gasteiger partial charge in [0.15, 0.2) is 5.82 Å². The van der Waals surface area contributed by atoms with E-state index in [1.807, 2.05) is 48.5 Å². The first kappa shape index (κ1) is 20.8. The number of hydrogen-bond donors (Lipinski definition) is 1. The summed E-state index contributed by atoms with van der Waals surface area (Å²) in [7, 11) is 0. The van der Waals surface area contributed by atoms with Gasteiger partial charge in [0.25, 0.3) is 5.22 Å². The predicted octanol–water partition coefficient (Wildman–Crippen LogP) is 4.53. The van der Waals surface area contributed by atoms with Gasteiger partial charge in [-0.25, -0.2) is 0 Å². The van der Waals surface area contributed by atoms with Crippen LogP contribution in [0.15, 0.2) is 81.2 Å². The van der Waals surface area contributed by atoms with Crippen molar-refractivity contribution >= 4 is 34.1 Å². The number of hydrogen-bond acceptors (Lipinski definition) is 9. The summed E-state index contributed by atoms with van der Waals surface area (Å²) in [5.41, 5.74) is 1.51. The van der Waals surface area contributed by atoms with Gasteiger partial charge >= 0.3 is 0 Å². The number of pyridine rings is 1. The molecule has 5 aromatic rings. The maximum Gasteiger partial charge on any atom is 0.277 e. The van der Waals surface area contributed by atoms with Crippen molar-refractivity contribution in [1.29, 1.82) is 0 Å². The first-order chi connectivity index (χ1) is 16.2. The molecule has 3 heterocycles. The minimum Gasteiger partial charge on any atom is -0.411 e. The van der Waals surface area contributed by atoms with Crippen LogP contribution in [0, 0.1) is 0 Å². The Labute approximate surface area is 192 Å². The summed E-state index contributed by atoms with van der Waals surface area (Å²) in [4.78, 5) is 20.7. The number of rotatable bonds is 8. The zero-order valence-corrected chi connectivity index (χ0v) is 18.2. The minimum atomic E-state index is -0.117. The normalized spacial score (nSPS) is 11.0. The van der Waals surface area contributed by atoms with Crippen LogP contribution in [-0.4, -0.2) is 31.2 Å². The number of thioether (sulfide) groups is 1. The van der Waals surface area contributed by atoms with Gasteiger partial charge in [0.05, 0.1) is 11.3 Å². The second-order valence-corrected chi connectivity index (χ2v) is 8.04. The van der Waals surface area contributed by atoms with Gasteiger partial charge in [-0.3, -0.25) is 9.78 Å². The Morgan fingerprint density at radius 1 is 1.03 bits per heavy atom. The molecule has 0 saturated carbocycles. The highest BCUT2D eigenvalue weighted by Gasteiger charge is 2.13. The molecule has 0 radical (unpaired) electrons. The monoisotopic (exact) mass is 458 g/mol. The summed E-state index contributed by atoms with van der Waals surface area (Å²) in [6.07, 6.45) is 3.92. The summed E-state index contributed by atoms with van der Waals surface area (Å²) >= 11 is 1.30. The Hall–Kier alpha value is -4.05. The fourth-order valence-corrected chi connectivity index (χ4v) is 3.77. The predicted molar refractivity (Wildman–Crippen MR) is 122 cm³/mol. The number of amides is 1. The van der Waals surface area contributed by atoms with Crippen molar-refractivity contribution in [2.45, 2.75) is 23.8 Å². The lowest BCUT2D eigenvalue weighted by Gasteiger charge is -2.05. The molecule has 0 spiro atoms. The molecule has 3 aromatic heterocycles. The first-order valence-electron chi connectivity index (χ1n) is 10.2. The number of carbonyl (C=O) groups is 1. The molecule has 0 aliphatic carbocycles. The number of aryl methyl sites for hydroxylation is 1. The van der Waals surface area contributed by atoms with E-state index in [2.05, 4.69) is 30.6 Å². The molecule has 0 aliphatic rings. The Balaban J connectivity index is 1.11. The largest absolute Gasteiger partial charge is 0.411 e. The number of aromatic nitrogens is 5. The van der Waals surface area contributed by atoms with Crippen molar-refractivity contribution in [2.24, 2.45) is 0 Å². The molecular weight excluding hydrogens is 440 g/mol. The van der Waals surface area contributed by atoms with E-state index in [1.54, 1.807) is 18.5 Å². The summed E-state index contributed by atoms with van der Waals surface area (Å²) < 4.78 is 10.9. The van der Waals surface area contributed by atoms with E-state index >= 15 is 0 Å². The molecule has 164 valence electrons. The maximum atomic E-state index is 12.3. The van der Waals surface area contributed by atoms with Crippen LogP contribution in [-0.2, 0) is 17.0 Å². The lowest BCUT2D eigenvalue weighted by Crippen LogP contribution is -2.12. The van der Waals surface area contributed by atoms with Crippen molar-refractivity contribution in [3.8, 4) is 11.5 Å². The van der Waals surface area contributed by atoms with Gasteiger partial charge in [-0.2, -0.15) is 4.98 Å². The van der Waals surface area contributed by atoms with Crippen molar-refractivity contribution in [3.05, 3.63) is 78.7 Å². The van der Waals surface area contributed by atoms with E-state index in [9.17, 15) is 4.79 Å². The van der Waals surface area contributed by atoms with E-state index in [0.717, 1.165) is 22.0 Å². The van der Waals surface area contributed by atoms with Gasteiger partial charge in [-0.1, -0.05) is 47.3 Å². The summed E-state index contributed by atoms with van der Waals surface area (Å²) in [5.74, 6) is 1.58. The second-order valence-electron chi connectivity index (χ2n) is 7.12. The molecule has 1 N–H and O–H groups in total. The van der Waals surface area contributed by atoms with Crippen LogP contribution in [0.5, 0.6) is 0 Å². The Morgan fingerprint density at radius 2 is 1.94 bits per heavy atom. The van der Waals surface area contributed by atoms with E-state index in [4.69, 9.17) is 8.94 Å². The summed E-state index contributed by atoms with van der Waals surface area (Å²) in [5, 5.41) is 17.5. The fourth-order valence-electron chi connectivity index (χ4n) is 3.16. The second kappa shape index (κ2) is 9.61. The van der Waals surface area contributed by atoms with Crippen LogP contribution in [0.4, 0.5) is 5.69 Å². The molecule has 0 bridgehead atoms. The van der Waals surface area contributed by atoms with Crippen molar-refractivity contribution in [1.82, 2.24) is 25.3 Å². The number of nitrogens with zero attached hydrogens (tertiary/aromatic N) is 5. The third-order valence-electron chi connectivity index (χ3n) is 4.75. The van der Waals surface area contributed by atoms with Crippen LogP contribution in [0.2, 0.25) is 0 Å². The third-order valence-corrected chi connectivity index (χ3v) is 5.56. The maximum absolute atomic E-state index is 12.3. The number of anilines is 1. The molecule has 9 nitrogen and oxygen atoms in total. The molecule has 10 heteroatoms. The van der Waals surface area contributed by atoms with Gasteiger partial charge in [0, 0.05) is 30.9 Å². The van der Waals surface area contributed by atoms with Crippen LogP contribution in [0.1, 0.15) is 18.1 Å². The van der Waals surface area contributed by atoms with Crippen molar-refractivity contribution < 1.29 is 13.7 Å². The summed E-state index contributed by atoms with van der Waals surface area (Å²) in [6.45, 7) is 0. The van der Waals surface area contributed by atoms with Crippen LogP contribution >= 0.6 is 11.8 Å². The molecule has 33 heavy (non-hydrogen) atoms. The standard InChI is InChI=1S/C23H18N6O3S/c30-20(25-18-8-7-15-4-1-2-5-16(15)12-18)9-10-21-26-19(29-32-21)14-33-23-28-27-22(31-23)17-6-3-11-24-13-17/h1-8,11-13H,9-10,14H2,(H,25,30). The Bertz CT molecular complexity index is 1390. The van der Waals surface area contributed by atoms with Gasteiger partial charge in [0.2, 0.25) is 17.7 Å². The van der Waals surface area contributed by atoms with E-state index in [1.165, 1.54) is 11.8 Å². The van der Waals surface area contributed by atoms with Crippen molar-refractivity contribution in [2.75, 3.05) is 5.32 Å². The number of benzene rings is 2.